The molecule has 15 heavy (non-hydrogen) atoms. The zero-order valence-corrected chi connectivity index (χ0v) is 8.83. The Balaban J connectivity index is 0.00000196. The van der Waals surface area contributed by atoms with Gasteiger partial charge in [0.1, 0.15) is 0 Å². The number of hydrogen-bond donors (Lipinski definition) is 2. The van der Waals surface area contributed by atoms with Crippen molar-refractivity contribution in [3.63, 3.8) is 0 Å². The summed E-state index contributed by atoms with van der Waals surface area (Å²) in [6.45, 7) is 0. The minimum Gasteiger partial charge on any atom is -0.505 e. The van der Waals surface area contributed by atoms with E-state index in [1.807, 2.05) is 0 Å². The molecule has 0 aliphatic heterocycles. The van der Waals surface area contributed by atoms with E-state index in [2.05, 4.69) is 0 Å². The summed E-state index contributed by atoms with van der Waals surface area (Å²) in [5.74, 6) is -1.95. The number of nitrogens with two attached hydrogens (primary N) is 1. The second kappa shape index (κ2) is 5.44. The first-order valence-electron chi connectivity index (χ1n) is 3.65. The second-order valence-corrected chi connectivity index (χ2v) is 3.06. The second-order valence-electron chi connectivity index (χ2n) is 2.65. The first kappa shape index (κ1) is 14.3. The van der Waals surface area contributed by atoms with Crippen molar-refractivity contribution in [2.24, 2.45) is 5.73 Å². The van der Waals surface area contributed by atoms with Gasteiger partial charge in [-0.25, -0.2) is 13.2 Å². The van der Waals surface area contributed by atoms with Gasteiger partial charge in [-0.2, -0.15) is 0 Å². The summed E-state index contributed by atoms with van der Waals surface area (Å²) in [6, 6.07) is 0.145. The third-order valence-electron chi connectivity index (χ3n) is 1.72. The molecule has 0 spiro atoms. The smallest absolute Gasteiger partial charge is 0.257 e. The van der Waals surface area contributed by atoms with Gasteiger partial charge in [0.15, 0.2) is 11.6 Å². The lowest BCUT2D eigenvalue weighted by Crippen LogP contribution is -2.19. The van der Waals surface area contributed by atoms with Crippen LogP contribution in [0.4, 0.5) is 13.2 Å². The van der Waals surface area contributed by atoms with Crippen molar-refractivity contribution in [3.05, 3.63) is 28.5 Å². The van der Waals surface area contributed by atoms with Crippen LogP contribution in [0.1, 0.15) is 11.6 Å². The highest BCUT2D eigenvalue weighted by atomic mass is 35.5. The number of alkyl halides is 2. The van der Waals surface area contributed by atoms with Gasteiger partial charge in [0.25, 0.3) is 6.43 Å². The molecule has 0 bridgehead atoms. The molecule has 1 atom stereocenters. The number of benzene rings is 1. The topological polar surface area (TPSA) is 46.2 Å². The molecule has 7 heteroatoms. The Kier molecular flexibility index (Phi) is 5.20. The highest BCUT2D eigenvalue weighted by Gasteiger charge is 2.25. The molecular formula is C8H8Cl2F3NO. The van der Waals surface area contributed by atoms with Crippen LogP contribution in [0.25, 0.3) is 0 Å². The molecule has 0 radical (unpaired) electrons. The number of phenolic OH excluding ortho intramolecular Hbond substituents is 1. The monoisotopic (exact) mass is 261 g/mol. The third-order valence-corrected chi connectivity index (χ3v) is 2.05. The first-order chi connectivity index (χ1) is 6.45. The molecular weight excluding hydrogens is 254 g/mol. The van der Waals surface area contributed by atoms with Crippen molar-refractivity contribution in [1.29, 1.82) is 0 Å². The zero-order chi connectivity index (χ0) is 10.9. The Bertz CT molecular complexity index is 349. The minimum atomic E-state index is -2.92. The average molecular weight is 262 g/mol. The van der Waals surface area contributed by atoms with Crippen molar-refractivity contribution >= 4 is 24.0 Å². The van der Waals surface area contributed by atoms with Crippen LogP contribution >= 0.6 is 24.0 Å². The van der Waals surface area contributed by atoms with Crippen LogP contribution in [0.3, 0.4) is 0 Å². The van der Waals surface area contributed by atoms with Crippen LogP contribution in [-0.4, -0.2) is 11.5 Å². The summed E-state index contributed by atoms with van der Waals surface area (Å²) in [7, 11) is 0. The van der Waals surface area contributed by atoms with E-state index in [4.69, 9.17) is 22.4 Å². The maximum atomic E-state index is 12.8. The largest absolute Gasteiger partial charge is 0.505 e. The number of phenols is 1. The number of rotatable bonds is 2. The van der Waals surface area contributed by atoms with Gasteiger partial charge in [-0.05, 0) is 12.1 Å². The van der Waals surface area contributed by atoms with Gasteiger partial charge >= 0.3 is 0 Å². The lowest BCUT2D eigenvalue weighted by atomic mass is 10.1. The molecule has 0 aliphatic carbocycles. The van der Waals surface area contributed by atoms with E-state index in [1.54, 1.807) is 0 Å². The standard InChI is InChI=1S/C8H7ClF3NO.ClH/c9-3-1-2-4(10)7(14)5(3)6(13)8(11)12;/h1-2,6,8,14H,13H2;1H/t6-;/m1./s1. The van der Waals surface area contributed by atoms with Gasteiger partial charge in [0.2, 0.25) is 0 Å². The Morgan fingerprint density at radius 2 is 1.87 bits per heavy atom. The van der Waals surface area contributed by atoms with Crippen LogP contribution in [0.2, 0.25) is 5.02 Å². The van der Waals surface area contributed by atoms with Crippen molar-refractivity contribution < 1.29 is 18.3 Å². The Morgan fingerprint density at radius 3 is 2.33 bits per heavy atom. The van der Waals surface area contributed by atoms with Gasteiger partial charge in [-0.1, -0.05) is 11.6 Å². The molecule has 0 amide bonds. The quantitative estimate of drug-likeness (QED) is 0.860. The maximum Gasteiger partial charge on any atom is 0.257 e. The molecule has 0 fully saturated rings. The predicted octanol–water partition coefficient (Wildman–Crippen LogP) is 2.87. The van der Waals surface area contributed by atoms with Crippen LogP contribution in [0.5, 0.6) is 5.75 Å². The molecule has 1 rings (SSSR count). The summed E-state index contributed by atoms with van der Waals surface area (Å²) < 4.78 is 37.2. The summed E-state index contributed by atoms with van der Waals surface area (Å²) in [5.41, 5.74) is 4.58. The van der Waals surface area contributed by atoms with Crippen LogP contribution in [0, 0.1) is 5.82 Å². The maximum absolute atomic E-state index is 12.8. The fraction of sp³-hybridized carbons (Fsp3) is 0.250. The predicted molar refractivity (Wildman–Crippen MR) is 53.3 cm³/mol. The summed E-state index contributed by atoms with van der Waals surface area (Å²) in [4.78, 5) is 0. The number of halogens is 5. The molecule has 86 valence electrons. The summed E-state index contributed by atoms with van der Waals surface area (Å²) >= 11 is 5.50. The molecule has 1 aromatic carbocycles. The van der Waals surface area contributed by atoms with Gasteiger partial charge in [-0.15, -0.1) is 12.4 Å². The van der Waals surface area contributed by atoms with E-state index in [1.165, 1.54) is 0 Å². The summed E-state index contributed by atoms with van der Waals surface area (Å²) in [6.07, 6.45) is -2.92. The SMILES string of the molecule is Cl.N[C@H](c1c(Cl)ccc(F)c1O)C(F)F. The zero-order valence-electron chi connectivity index (χ0n) is 7.25. The Morgan fingerprint density at radius 1 is 1.33 bits per heavy atom. The van der Waals surface area contributed by atoms with E-state index in [-0.39, 0.29) is 17.4 Å². The third kappa shape index (κ3) is 2.90. The van der Waals surface area contributed by atoms with Gasteiger partial charge in [-0.3, -0.25) is 0 Å². The van der Waals surface area contributed by atoms with E-state index in [0.29, 0.717) is 0 Å². The molecule has 0 unspecified atom stereocenters. The highest BCUT2D eigenvalue weighted by Crippen LogP contribution is 2.34. The Hall–Kier alpha value is -0.650. The van der Waals surface area contributed by atoms with E-state index in [0.717, 1.165) is 12.1 Å². The van der Waals surface area contributed by atoms with Crippen LogP contribution in [0.15, 0.2) is 12.1 Å². The van der Waals surface area contributed by atoms with Gasteiger partial charge in [0, 0.05) is 10.6 Å². The minimum absolute atomic E-state index is 0. The lowest BCUT2D eigenvalue weighted by molar-refractivity contribution is 0.115. The summed E-state index contributed by atoms with van der Waals surface area (Å²) in [5, 5.41) is 8.94. The molecule has 0 aliphatic rings. The number of aromatic hydroxyl groups is 1. The molecule has 1 aromatic rings. The van der Waals surface area contributed by atoms with Crippen LogP contribution < -0.4 is 5.73 Å². The number of hydrogen-bond acceptors (Lipinski definition) is 2. The van der Waals surface area contributed by atoms with Crippen molar-refractivity contribution in [2.75, 3.05) is 0 Å². The molecule has 0 saturated heterocycles. The van der Waals surface area contributed by atoms with Gasteiger partial charge < -0.3 is 10.8 Å². The molecule has 0 aromatic heterocycles. The molecule has 3 N–H and O–H groups in total. The van der Waals surface area contributed by atoms with Crippen LogP contribution in [-0.2, 0) is 0 Å². The molecule has 0 saturated carbocycles. The van der Waals surface area contributed by atoms with E-state index in [9.17, 15) is 13.2 Å². The molecule has 2 nitrogen and oxygen atoms in total. The average Bonchev–Trinajstić information content (AvgIpc) is 2.12. The fourth-order valence-electron chi connectivity index (χ4n) is 1.000. The normalized spacial score (nSPS) is 12.4. The first-order valence-corrected chi connectivity index (χ1v) is 4.03. The van der Waals surface area contributed by atoms with Gasteiger partial charge in [0.05, 0.1) is 6.04 Å². The lowest BCUT2D eigenvalue weighted by Gasteiger charge is -2.14. The molecule has 0 heterocycles. The van der Waals surface area contributed by atoms with E-state index < -0.39 is 29.6 Å². The van der Waals surface area contributed by atoms with E-state index >= 15 is 0 Å². The Labute approximate surface area is 95.2 Å². The fourth-order valence-corrected chi connectivity index (χ4v) is 1.28. The highest BCUT2D eigenvalue weighted by molar-refractivity contribution is 6.31. The van der Waals surface area contributed by atoms with Crippen molar-refractivity contribution in [3.8, 4) is 5.75 Å². The van der Waals surface area contributed by atoms with Crippen molar-refractivity contribution in [1.82, 2.24) is 0 Å². The van der Waals surface area contributed by atoms with Crippen molar-refractivity contribution in [2.45, 2.75) is 12.5 Å².